The topological polar surface area (TPSA) is 24.9 Å². The zero-order valence-corrected chi connectivity index (χ0v) is 25.4. The molecule has 168 valence electrons. The molecule has 28 heavy (non-hydrogen) atoms. The molecule has 0 saturated carbocycles. The fraction of sp³-hybridized carbons (Fsp3) is 1.00. The first-order valence-corrected chi connectivity index (χ1v) is 17.5. The van der Waals surface area contributed by atoms with Gasteiger partial charge in [0.15, 0.2) is 0 Å². The van der Waals surface area contributed by atoms with Crippen molar-refractivity contribution in [1.29, 1.82) is 0 Å². The van der Waals surface area contributed by atoms with Gasteiger partial charge >= 0.3 is 192 Å². The number of hydrogen-bond acceptors (Lipinski definition) is 4. The van der Waals surface area contributed by atoms with Crippen molar-refractivity contribution in [3.05, 3.63) is 0 Å². The van der Waals surface area contributed by atoms with Crippen LogP contribution in [0, 0.1) is 0 Å². The van der Waals surface area contributed by atoms with Gasteiger partial charge in [0.1, 0.15) is 0 Å². The quantitative estimate of drug-likeness (QED) is 0.255. The molecule has 0 aromatic carbocycles. The van der Waals surface area contributed by atoms with Gasteiger partial charge in [-0.3, -0.25) is 0 Å². The predicted octanol–water partition coefficient (Wildman–Crippen LogP) is 3.34. The van der Waals surface area contributed by atoms with E-state index < -0.39 is 13.0 Å². The Labute approximate surface area is 191 Å². The standard InChI is InChI=1S/C18H44N4O2P2Se2/c1-17(2,3)19-25(27,23-15-13-21(7,8)9)20(18(4,5)6)26(19,28)24-16-14-22(10,11)12/h13-16H2,1-12H3/q+2. The second-order valence-electron chi connectivity index (χ2n) is 11.6. The summed E-state index contributed by atoms with van der Waals surface area (Å²) in [5.41, 5.74) is -0.125. The Hall–Kier alpha value is 1.66. The van der Waals surface area contributed by atoms with Crippen molar-refractivity contribution in [3.8, 4) is 0 Å². The third kappa shape index (κ3) is 6.83. The van der Waals surface area contributed by atoms with Gasteiger partial charge < -0.3 is 0 Å². The zero-order chi connectivity index (χ0) is 22.4. The van der Waals surface area contributed by atoms with Gasteiger partial charge in [-0.05, 0) is 0 Å². The SMILES string of the molecule is CC(C)(C)N1[P+]([Se-])(OCC[N+](C)(C)C)N(C(C)(C)C)[P+]1([Se-])OCC[N+](C)(C)C. The van der Waals surface area contributed by atoms with Crippen LogP contribution in [0.3, 0.4) is 0 Å². The Kier molecular flexibility index (Phi) is 8.79. The number of nitrogens with zero attached hydrogens (tertiary/aromatic N) is 4. The third-order valence-corrected chi connectivity index (χ3v) is 21.2. The van der Waals surface area contributed by atoms with E-state index in [1.54, 1.807) is 0 Å². The molecule has 1 aliphatic heterocycles. The van der Waals surface area contributed by atoms with Crippen molar-refractivity contribution in [1.82, 2.24) is 8.88 Å². The Balaban J connectivity index is 3.19. The summed E-state index contributed by atoms with van der Waals surface area (Å²) < 4.78 is 20.2. The predicted molar refractivity (Wildman–Crippen MR) is 126 cm³/mol. The zero-order valence-electron chi connectivity index (χ0n) is 20.1. The molecule has 0 atom stereocenters. The van der Waals surface area contributed by atoms with Crippen molar-refractivity contribution in [2.45, 2.75) is 52.6 Å². The molecular weight excluding hydrogens is 524 g/mol. The molecule has 0 spiro atoms. The Morgan fingerprint density at radius 3 is 1.07 bits per heavy atom. The van der Waals surface area contributed by atoms with E-state index in [0.717, 1.165) is 35.3 Å². The molecule has 0 aromatic heterocycles. The molecule has 1 heterocycles. The second-order valence-corrected chi connectivity index (χ2v) is 22.3. The molecule has 1 saturated heterocycles. The van der Waals surface area contributed by atoms with Crippen LogP contribution in [0.1, 0.15) is 41.5 Å². The maximum absolute atomic E-state index is 6.68. The molecule has 0 N–H and O–H groups in total. The number of rotatable bonds is 8. The normalized spacial score (nSPS) is 28.5. The molecule has 6 nitrogen and oxygen atoms in total. The summed E-state index contributed by atoms with van der Waals surface area (Å²) in [6.07, 6.45) is 0. The van der Waals surface area contributed by atoms with Gasteiger partial charge in [0, 0.05) is 0 Å². The van der Waals surface area contributed by atoms with E-state index >= 15 is 0 Å². The van der Waals surface area contributed by atoms with E-state index in [1.165, 1.54) is 0 Å². The van der Waals surface area contributed by atoms with Crippen LogP contribution >= 0.6 is 13.0 Å². The van der Waals surface area contributed by atoms with Gasteiger partial charge in [-0.25, -0.2) is 0 Å². The van der Waals surface area contributed by atoms with Gasteiger partial charge in [-0.1, -0.05) is 0 Å². The fourth-order valence-electron chi connectivity index (χ4n) is 3.02. The summed E-state index contributed by atoms with van der Waals surface area (Å²) in [5, 5.41) is 0. The van der Waals surface area contributed by atoms with E-state index in [1.807, 2.05) is 0 Å². The first-order chi connectivity index (χ1) is 12.1. The summed E-state index contributed by atoms with van der Waals surface area (Å²) in [5.74, 6) is 0. The molecule has 0 amide bonds. The summed E-state index contributed by atoms with van der Waals surface area (Å²) in [6, 6.07) is 0. The summed E-state index contributed by atoms with van der Waals surface area (Å²) >= 11 is 7.02. The molecule has 0 unspecified atom stereocenters. The average Bonchev–Trinajstić information content (AvgIpc) is 2.29. The van der Waals surface area contributed by atoms with Crippen LogP contribution in [-0.2, 0) is 9.05 Å². The van der Waals surface area contributed by atoms with E-state index in [2.05, 4.69) is 124 Å². The van der Waals surface area contributed by atoms with Crippen molar-refractivity contribution in [2.75, 3.05) is 68.6 Å². The van der Waals surface area contributed by atoms with Crippen LogP contribution in [0.2, 0.25) is 0 Å². The van der Waals surface area contributed by atoms with Gasteiger partial charge in [0.25, 0.3) is 0 Å². The van der Waals surface area contributed by atoms with Crippen LogP contribution in [0.25, 0.3) is 0 Å². The Bertz CT molecular complexity index is 484. The monoisotopic (exact) mass is 570 g/mol. The minimum atomic E-state index is -2.07. The molecular formula is C18H44N4O2P2Se2+2. The molecule has 0 aromatic rings. The molecule has 10 heteroatoms. The van der Waals surface area contributed by atoms with E-state index in [4.69, 9.17) is 9.05 Å². The van der Waals surface area contributed by atoms with Gasteiger partial charge in [0.05, 0.1) is 0 Å². The number of likely N-dealkylation sites (N-methyl/N-ethyl adjacent to an activating group) is 2. The summed E-state index contributed by atoms with van der Waals surface area (Å²) in [7, 11) is 13.2. The number of hydrogen-bond donors (Lipinski definition) is 0. The first-order valence-electron chi connectivity index (χ1n) is 9.87. The van der Waals surface area contributed by atoms with Crippen LogP contribution in [0.4, 0.5) is 0 Å². The number of quaternary nitrogens is 2. The van der Waals surface area contributed by atoms with E-state index in [0.29, 0.717) is 0 Å². The van der Waals surface area contributed by atoms with Gasteiger partial charge in [0.2, 0.25) is 0 Å². The molecule has 0 aliphatic carbocycles. The fourth-order valence-corrected chi connectivity index (χ4v) is 29.6. The van der Waals surface area contributed by atoms with E-state index in [-0.39, 0.29) is 11.1 Å². The minimum absolute atomic E-state index is 0.0625. The van der Waals surface area contributed by atoms with Crippen LogP contribution < -0.4 is 0 Å². The molecule has 1 fully saturated rings. The van der Waals surface area contributed by atoms with Crippen LogP contribution in [0.5, 0.6) is 0 Å². The van der Waals surface area contributed by atoms with Crippen LogP contribution in [0.15, 0.2) is 0 Å². The van der Waals surface area contributed by atoms with Crippen LogP contribution in [-0.4, -0.2) is 129 Å². The van der Waals surface area contributed by atoms with E-state index in [9.17, 15) is 0 Å². The van der Waals surface area contributed by atoms with Crippen molar-refractivity contribution in [3.63, 3.8) is 0 Å². The Morgan fingerprint density at radius 1 is 0.643 bits per heavy atom. The third-order valence-electron chi connectivity index (χ3n) is 4.20. The van der Waals surface area contributed by atoms with Crippen molar-refractivity contribution < 1.29 is 18.0 Å². The Morgan fingerprint density at radius 2 is 0.893 bits per heavy atom. The average molecular weight is 568 g/mol. The molecule has 0 radical (unpaired) electrons. The molecule has 0 bridgehead atoms. The van der Waals surface area contributed by atoms with Crippen molar-refractivity contribution >= 4 is 44.1 Å². The maximum atomic E-state index is 6.68. The summed E-state index contributed by atoms with van der Waals surface area (Å²) in [4.78, 5) is 0. The second kappa shape index (κ2) is 8.89. The van der Waals surface area contributed by atoms with Gasteiger partial charge in [-0.2, -0.15) is 0 Å². The molecule has 1 aliphatic rings. The van der Waals surface area contributed by atoms with Gasteiger partial charge in [-0.15, -0.1) is 0 Å². The summed E-state index contributed by atoms with van der Waals surface area (Å²) in [6.45, 7) is 12.8. The molecule has 1 rings (SSSR count). The van der Waals surface area contributed by atoms with Crippen molar-refractivity contribution in [2.24, 2.45) is 0 Å². The first kappa shape index (κ1) is 27.7.